The minimum absolute atomic E-state index is 0.219. The van der Waals surface area contributed by atoms with Crippen LogP contribution in [0.15, 0.2) is 6.07 Å². The van der Waals surface area contributed by atoms with Crippen LogP contribution in [0.4, 0.5) is 17.6 Å². The average Bonchev–Trinajstić information content (AvgIpc) is 3.04. The molecule has 0 amide bonds. The molecule has 0 bridgehead atoms. The second-order valence-electron chi connectivity index (χ2n) is 7.69. The lowest BCUT2D eigenvalue weighted by Crippen LogP contribution is -2.48. The first-order valence-electron chi connectivity index (χ1n) is 9.62. The number of aliphatic hydroxyl groups excluding tert-OH is 1. The van der Waals surface area contributed by atoms with Crippen LogP contribution < -0.4 is 15.5 Å². The van der Waals surface area contributed by atoms with Crippen LogP contribution in [0.2, 0.25) is 0 Å². The van der Waals surface area contributed by atoms with E-state index in [2.05, 4.69) is 31.6 Å². The van der Waals surface area contributed by atoms with E-state index < -0.39 is 0 Å². The lowest BCUT2D eigenvalue weighted by molar-refractivity contribution is 0.106. The molecule has 2 aliphatic heterocycles. The number of rotatable bonds is 6. The van der Waals surface area contributed by atoms with Gasteiger partial charge in [0.15, 0.2) is 0 Å². The summed E-state index contributed by atoms with van der Waals surface area (Å²) in [4.78, 5) is 18.1. The highest BCUT2D eigenvalue weighted by molar-refractivity contribution is 5.52. The molecule has 2 atom stereocenters. The molecule has 1 aromatic heterocycles. The average molecular weight is 364 g/mol. The van der Waals surface area contributed by atoms with Crippen molar-refractivity contribution >= 4 is 17.6 Å². The quantitative estimate of drug-likeness (QED) is 0.719. The maximum atomic E-state index is 9.89. The van der Waals surface area contributed by atoms with Crippen molar-refractivity contribution in [2.75, 3.05) is 88.6 Å². The molecule has 3 heterocycles. The van der Waals surface area contributed by atoms with Crippen LogP contribution in [-0.2, 0) is 0 Å². The molecule has 0 spiro atoms. The van der Waals surface area contributed by atoms with Crippen molar-refractivity contribution in [1.29, 1.82) is 0 Å². The molecular weight excluding hydrogens is 330 g/mol. The molecule has 0 unspecified atom stereocenters. The lowest BCUT2D eigenvalue weighted by atomic mass is 9.96. The maximum Gasteiger partial charge on any atom is 0.228 e. The van der Waals surface area contributed by atoms with E-state index in [4.69, 9.17) is 5.73 Å². The summed E-state index contributed by atoms with van der Waals surface area (Å²) < 4.78 is 0. The summed E-state index contributed by atoms with van der Waals surface area (Å²) in [5.74, 6) is 2.70. The van der Waals surface area contributed by atoms with Gasteiger partial charge in [0.05, 0.1) is 0 Å². The van der Waals surface area contributed by atoms with Gasteiger partial charge in [-0.1, -0.05) is 6.92 Å². The summed E-state index contributed by atoms with van der Waals surface area (Å²) in [5.41, 5.74) is 5.98. The molecule has 0 aliphatic carbocycles. The van der Waals surface area contributed by atoms with Crippen LogP contribution in [0.25, 0.3) is 0 Å². The Morgan fingerprint density at radius 2 is 1.77 bits per heavy atom. The highest BCUT2D eigenvalue weighted by Gasteiger charge is 2.35. The Morgan fingerprint density at radius 1 is 1.12 bits per heavy atom. The summed E-state index contributed by atoms with van der Waals surface area (Å²) in [6, 6.07) is 1.84. The zero-order valence-corrected chi connectivity index (χ0v) is 16.3. The van der Waals surface area contributed by atoms with Crippen molar-refractivity contribution in [3.63, 3.8) is 0 Å². The lowest BCUT2D eigenvalue weighted by Gasteiger charge is -2.36. The third-order valence-corrected chi connectivity index (χ3v) is 5.66. The summed E-state index contributed by atoms with van der Waals surface area (Å²) in [7, 11) is 3.83. The van der Waals surface area contributed by atoms with Gasteiger partial charge in [0, 0.05) is 78.5 Å². The number of aromatic nitrogens is 2. The number of nitrogens with zero attached hydrogens (tertiary/aromatic N) is 6. The van der Waals surface area contributed by atoms with Crippen molar-refractivity contribution < 1.29 is 5.11 Å². The van der Waals surface area contributed by atoms with Crippen LogP contribution in [0.1, 0.15) is 6.92 Å². The van der Waals surface area contributed by atoms with Gasteiger partial charge in [-0.2, -0.15) is 9.97 Å². The number of nitrogens with two attached hydrogens (primary N) is 1. The highest BCUT2D eigenvalue weighted by Crippen LogP contribution is 2.29. The Morgan fingerprint density at radius 3 is 2.38 bits per heavy atom. The molecule has 2 saturated heterocycles. The van der Waals surface area contributed by atoms with Gasteiger partial charge in [-0.3, -0.25) is 0 Å². The molecule has 0 radical (unpaired) electrons. The third kappa shape index (κ3) is 4.36. The van der Waals surface area contributed by atoms with E-state index in [9.17, 15) is 5.11 Å². The summed E-state index contributed by atoms with van der Waals surface area (Å²) in [6.07, 6.45) is 0. The molecule has 1 aromatic rings. The predicted molar refractivity (Wildman–Crippen MR) is 106 cm³/mol. The molecule has 0 aromatic carbocycles. The number of anilines is 3. The zero-order chi connectivity index (χ0) is 18.7. The van der Waals surface area contributed by atoms with E-state index in [-0.39, 0.29) is 12.5 Å². The first-order valence-corrected chi connectivity index (χ1v) is 9.62. The molecule has 3 rings (SSSR count). The van der Waals surface area contributed by atoms with Gasteiger partial charge in [-0.25, -0.2) is 0 Å². The van der Waals surface area contributed by atoms with E-state index >= 15 is 0 Å². The maximum absolute atomic E-state index is 9.89. The summed E-state index contributed by atoms with van der Waals surface area (Å²) in [6.45, 7) is 10.9. The second kappa shape index (κ2) is 8.37. The SMILES string of the molecule is CCN1CCN(C[C@@H]2CN(c3cc(N)nc(N(C)C)n3)C[C@@H]2CO)CC1. The normalized spacial score (nSPS) is 25.0. The molecule has 3 N–H and O–H groups in total. The first kappa shape index (κ1) is 19.1. The van der Waals surface area contributed by atoms with Gasteiger partial charge < -0.3 is 30.4 Å². The van der Waals surface area contributed by atoms with E-state index in [1.54, 1.807) is 0 Å². The number of hydrogen-bond donors (Lipinski definition) is 2. The molecule has 146 valence electrons. The smallest absolute Gasteiger partial charge is 0.228 e. The van der Waals surface area contributed by atoms with E-state index in [0.29, 0.717) is 17.7 Å². The molecule has 26 heavy (non-hydrogen) atoms. The van der Waals surface area contributed by atoms with Crippen molar-refractivity contribution in [1.82, 2.24) is 19.8 Å². The van der Waals surface area contributed by atoms with E-state index in [1.165, 1.54) is 0 Å². The number of nitrogen functional groups attached to an aromatic ring is 1. The number of hydrogen-bond acceptors (Lipinski definition) is 8. The zero-order valence-electron chi connectivity index (χ0n) is 16.3. The molecule has 2 fully saturated rings. The van der Waals surface area contributed by atoms with Gasteiger partial charge >= 0.3 is 0 Å². The van der Waals surface area contributed by atoms with Crippen LogP contribution in [-0.4, -0.2) is 97.9 Å². The highest BCUT2D eigenvalue weighted by atomic mass is 16.3. The van der Waals surface area contributed by atoms with Gasteiger partial charge in [-0.15, -0.1) is 0 Å². The van der Waals surface area contributed by atoms with Gasteiger partial charge in [0.2, 0.25) is 5.95 Å². The van der Waals surface area contributed by atoms with Crippen LogP contribution in [0.3, 0.4) is 0 Å². The van der Waals surface area contributed by atoms with Crippen molar-refractivity contribution in [3.05, 3.63) is 6.07 Å². The molecule has 0 saturated carbocycles. The van der Waals surface area contributed by atoms with Gasteiger partial charge in [-0.05, 0) is 12.5 Å². The second-order valence-corrected chi connectivity index (χ2v) is 7.69. The Hall–Kier alpha value is -1.64. The standard InChI is InChI=1S/C18H33N7O/c1-4-23-5-7-24(8-6-23)10-14-11-25(12-15(14)13-26)17-9-16(19)20-18(21-17)22(2)3/h9,14-15,26H,4-8,10-13H2,1-3H3,(H2,19,20,21)/t14-,15-/m1/s1. The van der Waals surface area contributed by atoms with Crippen LogP contribution in [0, 0.1) is 11.8 Å². The van der Waals surface area contributed by atoms with Crippen molar-refractivity contribution in [2.24, 2.45) is 11.8 Å². The Balaban J connectivity index is 1.65. The largest absolute Gasteiger partial charge is 0.396 e. The topological polar surface area (TPSA) is 85.0 Å². The molecule has 8 nitrogen and oxygen atoms in total. The first-order chi connectivity index (χ1) is 12.5. The Bertz CT molecular complexity index is 589. The monoisotopic (exact) mass is 363 g/mol. The minimum Gasteiger partial charge on any atom is -0.396 e. The third-order valence-electron chi connectivity index (χ3n) is 5.66. The number of piperazine rings is 1. The fraction of sp³-hybridized carbons (Fsp3) is 0.778. The van der Waals surface area contributed by atoms with Crippen LogP contribution in [0.5, 0.6) is 0 Å². The minimum atomic E-state index is 0.219. The fourth-order valence-electron chi connectivity index (χ4n) is 3.96. The number of likely N-dealkylation sites (N-methyl/N-ethyl adjacent to an activating group) is 1. The summed E-state index contributed by atoms with van der Waals surface area (Å²) in [5, 5.41) is 9.89. The molecular formula is C18H33N7O. The van der Waals surface area contributed by atoms with Crippen molar-refractivity contribution in [3.8, 4) is 0 Å². The van der Waals surface area contributed by atoms with Crippen LogP contribution >= 0.6 is 0 Å². The fourth-order valence-corrected chi connectivity index (χ4v) is 3.96. The van der Waals surface area contributed by atoms with E-state index in [1.807, 2.05) is 25.1 Å². The van der Waals surface area contributed by atoms with Gasteiger partial charge in [0.25, 0.3) is 0 Å². The molecule has 8 heteroatoms. The van der Waals surface area contributed by atoms with E-state index in [0.717, 1.165) is 58.2 Å². The predicted octanol–water partition coefficient (Wildman–Crippen LogP) is -0.193. The number of aliphatic hydroxyl groups is 1. The molecule has 2 aliphatic rings. The Kier molecular flexibility index (Phi) is 6.16. The van der Waals surface area contributed by atoms with Crippen molar-refractivity contribution in [2.45, 2.75) is 6.92 Å². The Labute approximate surface area is 156 Å². The van der Waals surface area contributed by atoms with Gasteiger partial charge in [0.1, 0.15) is 11.6 Å². The summed E-state index contributed by atoms with van der Waals surface area (Å²) >= 11 is 0.